The molecule has 0 aliphatic heterocycles. The van der Waals surface area contributed by atoms with Crippen molar-refractivity contribution in [1.29, 1.82) is 0 Å². The minimum Gasteiger partial charge on any atom is -0.391 e. The molecule has 4 heteroatoms. The summed E-state index contributed by atoms with van der Waals surface area (Å²) in [7, 11) is 1.65. The van der Waals surface area contributed by atoms with Crippen LogP contribution in [-0.4, -0.2) is 31.4 Å². The van der Waals surface area contributed by atoms with Crippen molar-refractivity contribution in [3.05, 3.63) is 29.6 Å². The van der Waals surface area contributed by atoms with Crippen molar-refractivity contribution in [3.63, 3.8) is 0 Å². The summed E-state index contributed by atoms with van der Waals surface area (Å²) in [5.41, 5.74) is 1.11. The molecule has 0 saturated carbocycles. The number of methoxy groups -OCH3 is 1. The number of anilines is 1. The maximum atomic E-state index is 13.7. The highest BCUT2D eigenvalue weighted by molar-refractivity contribution is 5.54. The summed E-state index contributed by atoms with van der Waals surface area (Å²) in [6.45, 7) is 5.14. The van der Waals surface area contributed by atoms with Gasteiger partial charge in [0.05, 0.1) is 13.2 Å². The Morgan fingerprint density at radius 3 is 2.72 bits per heavy atom. The molecule has 0 spiro atoms. The van der Waals surface area contributed by atoms with Crippen LogP contribution in [0.15, 0.2) is 18.2 Å². The number of hydrogen-bond donors (Lipinski definition) is 1. The van der Waals surface area contributed by atoms with Gasteiger partial charge in [-0.1, -0.05) is 13.0 Å². The second kappa shape index (κ2) is 7.34. The van der Waals surface area contributed by atoms with E-state index in [0.29, 0.717) is 18.7 Å². The monoisotopic (exact) mass is 255 g/mol. The highest BCUT2D eigenvalue weighted by Crippen LogP contribution is 2.25. The van der Waals surface area contributed by atoms with Gasteiger partial charge in [0.25, 0.3) is 0 Å². The SMILES string of the molecule is CCC(C)N(CCOC)c1cccc(F)c1CO. The first-order valence-corrected chi connectivity index (χ1v) is 6.29. The Kier molecular flexibility index (Phi) is 6.09. The third kappa shape index (κ3) is 3.43. The maximum Gasteiger partial charge on any atom is 0.130 e. The van der Waals surface area contributed by atoms with E-state index < -0.39 is 0 Å². The molecule has 0 aliphatic carbocycles. The molecule has 0 aromatic heterocycles. The van der Waals surface area contributed by atoms with Gasteiger partial charge in [-0.15, -0.1) is 0 Å². The summed E-state index contributed by atoms with van der Waals surface area (Å²) in [4.78, 5) is 2.08. The van der Waals surface area contributed by atoms with E-state index in [1.165, 1.54) is 6.07 Å². The van der Waals surface area contributed by atoms with Gasteiger partial charge < -0.3 is 14.7 Å². The second-order valence-electron chi connectivity index (χ2n) is 4.34. The summed E-state index contributed by atoms with van der Waals surface area (Å²) < 4.78 is 18.8. The highest BCUT2D eigenvalue weighted by Gasteiger charge is 2.17. The van der Waals surface area contributed by atoms with Crippen LogP contribution >= 0.6 is 0 Å². The van der Waals surface area contributed by atoms with Crippen molar-refractivity contribution in [2.24, 2.45) is 0 Å². The van der Waals surface area contributed by atoms with Crippen LogP contribution in [0.2, 0.25) is 0 Å². The summed E-state index contributed by atoms with van der Waals surface area (Å²) in [5.74, 6) is -0.360. The number of rotatable bonds is 7. The quantitative estimate of drug-likeness (QED) is 0.813. The van der Waals surface area contributed by atoms with Crippen molar-refractivity contribution in [3.8, 4) is 0 Å². The Morgan fingerprint density at radius 1 is 1.44 bits per heavy atom. The van der Waals surface area contributed by atoms with Gasteiger partial charge in [0.2, 0.25) is 0 Å². The van der Waals surface area contributed by atoms with Crippen LogP contribution in [0.4, 0.5) is 10.1 Å². The summed E-state index contributed by atoms with van der Waals surface area (Å²) in [5, 5.41) is 9.33. The van der Waals surface area contributed by atoms with E-state index in [0.717, 1.165) is 12.1 Å². The Hall–Kier alpha value is -1.13. The fourth-order valence-corrected chi connectivity index (χ4v) is 1.96. The van der Waals surface area contributed by atoms with Gasteiger partial charge in [-0.3, -0.25) is 0 Å². The third-order valence-corrected chi connectivity index (χ3v) is 3.22. The van der Waals surface area contributed by atoms with Gasteiger partial charge in [-0.05, 0) is 25.5 Å². The zero-order valence-electron chi connectivity index (χ0n) is 11.3. The fraction of sp³-hybridized carbons (Fsp3) is 0.571. The van der Waals surface area contributed by atoms with Gasteiger partial charge in [-0.25, -0.2) is 4.39 Å². The number of ether oxygens (including phenoxy) is 1. The number of aliphatic hydroxyl groups excluding tert-OH is 1. The Labute approximate surface area is 108 Å². The largest absolute Gasteiger partial charge is 0.391 e. The van der Waals surface area contributed by atoms with E-state index in [9.17, 15) is 9.50 Å². The minimum atomic E-state index is -0.360. The van der Waals surface area contributed by atoms with Crippen LogP contribution in [0.5, 0.6) is 0 Å². The first-order valence-electron chi connectivity index (χ1n) is 6.29. The van der Waals surface area contributed by atoms with Crippen LogP contribution in [0.3, 0.4) is 0 Å². The first kappa shape index (κ1) is 14.9. The lowest BCUT2D eigenvalue weighted by Gasteiger charge is -2.32. The van der Waals surface area contributed by atoms with Gasteiger partial charge >= 0.3 is 0 Å². The average molecular weight is 255 g/mol. The second-order valence-corrected chi connectivity index (χ2v) is 4.34. The van der Waals surface area contributed by atoms with E-state index in [4.69, 9.17) is 4.74 Å². The van der Waals surface area contributed by atoms with Gasteiger partial charge in [0, 0.05) is 30.9 Å². The lowest BCUT2D eigenvalue weighted by molar-refractivity contribution is 0.203. The van der Waals surface area contributed by atoms with Crippen LogP contribution in [0, 0.1) is 5.82 Å². The highest BCUT2D eigenvalue weighted by atomic mass is 19.1. The fourth-order valence-electron chi connectivity index (χ4n) is 1.96. The van der Waals surface area contributed by atoms with Crippen molar-refractivity contribution < 1.29 is 14.2 Å². The van der Waals surface area contributed by atoms with E-state index >= 15 is 0 Å². The van der Waals surface area contributed by atoms with Crippen LogP contribution in [0.1, 0.15) is 25.8 Å². The van der Waals surface area contributed by atoms with Crippen molar-refractivity contribution in [2.45, 2.75) is 32.9 Å². The molecular weight excluding hydrogens is 233 g/mol. The maximum absolute atomic E-state index is 13.7. The van der Waals surface area contributed by atoms with E-state index in [1.54, 1.807) is 13.2 Å². The number of aliphatic hydroxyl groups is 1. The zero-order chi connectivity index (χ0) is 13.5. The molecule has 0 amide bonds. The molecule has 0 radical (unpaired) electrons. The van der Waals surface area contributed by atoms with E-state index in [-0.39, 0.29) is 18.5 Å². The van der Waals surface area contributed by atoms with Crippen molar-refractivity contribution in [2.75, 3.05) is 25.2 Å². The molecule has 1 atom stereocenters. The summed E-state index contributed by atoms with van der Waals surface area (Å²) in [6.07, 6.45) is 0.950. The topological polar surface area (TPSA) is 32.7 Å². The molecular formula is C14H22FNO2. The Morgan fingerprint density at radius 2 is 2.17 bits per heavy atom. The van der Waals surface area contributed by atoms with Gasteiger partial charge in [0.1, 0.15) is 5.82 Å². The molecule has 1 unspecified atom stereocenters. The molecule has 1 rings (SSSR count). The minimum absolute atomic E-state index is 0.271. The molecule has 0 saturated heterocycles. The molecule has 0 bridgehead atoms. The molecule has 1 N–H and O–H groups in total. The standard InChI is InChI=1S/C14H22FNO2/c1-4-11(2)16(8-9-18-3)14-7-5-6-13(15)12(14)10-17/h5-7,11,17H,4,8-10H2,1-3H3. The van der Waals surface area contributed by atoms with Crippen LogP contribution < -0.4 is 4.90 Å². The van der Waals surface area contributed by atoms with Gasteiger partial charge in [-0.2, -0.15) is 0 Å². The molecule has 1 aromatic carbocycles. The molecule has 0 fully saturated rings. The Balaban J connectivity index is 3.07. The molecule has 0 aliphatic rings. The normalized spacial score (nSPS) is 12.5. The molecule has 102 valence electrons. The van der Waals surface area contributed by atoms with Crippen LogP contribution in [-0.2, 0) is 11.3 Å². The molecule has 3 nitrogen and oxygen atoms in total. The molecule has 18 heavy (non-hydrogen) atoms. The number of benzene rings is 1. The average Bonchev–Trinajstić information content (AvgIpc) is 2.39. The molecule has 0 heterocycles. The van der Waals surface area contributed by atoms with Crippen molar-refractivity contribution >= 4 is 5.69 Å². The Bertz CT molecular complexity index is 371. The number of halogens is 1. The van der Waals surface area contributed by atoms with E-state index in [1.807, 2.05) is 6.07 Å². The first-order chi connectivity index (χ1) is 8.65. The number of hydrogen-bond acceptors (Lipinski definition) is 3. The predicted molar refractivity (Wildman–Crippen MR) is 71.3 cm³/mol. The predicted octanol–water partition coefficient (Wildman–Crippen LogP) is 2.57. The summed E-state index contributed by atoms with van der Waals surface area (Å²) >= 11 is 0. The third-order valence-electron chi connectivity index (χ3n) is 3.22. The van der Waals surface area contributed by atoms with E-state index in [2.05, 4.69) is 18.7 Å². The van der Waals surface area contributed by atoms with Crippen LogP contribution in [0.25, 0.3) is 0 Å². The summed E-state index contributed by atoms with van der Waals surface area (Å²) in [6, 6.07) is 5.16. The lowest BCUT2D eigenvalue weighted by atomic mass is 10.1. The zero-order valence-corrected chi connectivity index (χ0v) is 11.3. The smallest absolute Gasteiger partial charge is 0.130 e. The lowest BCUT2D eigenvalue weighted by Crippen LogP contribution is -2.36. The van der Waals surface area contributed by atoms with Crippen molar-refractivity contribution in [1.82, 2.24) is 0 Å². The number of nitrogens with zero attached hydrogens (tertiary/aromatic N) is 1. The van der Waals surface area contributed by atoms with Gasteiger partial charge in [0.15, 0.2) is 0 Å². The molecule has 1 aromatic rings.